The van der Waals surface area contributed by atoms with E-state index in [0.717, 1.165) is 42.1 Å². The predicted octanol–water partition coefficient (Wildman–Crippen LogP) is 3.96. The van der Waals surface area contributed by atoms with E-state index in [1.165, 1.54) is 11.8 Å². The molecule has 0 atom stereocenters. The Morgan fingerprint density at radius 1 is 1.04 bits per heavy atom. The summed E-state index contributed by atoms with van der Waals surface area (Å²) in [5.74, 6) is 0.372. The number of benzene rings is 2. The molecule has 0 saturated carbocycles. The number of likely N-dealkylation sites (tertiary alicyclic amines) is 1. The maximum Gasteiger partial charge on any atom is 0.256 e. The van der Waals surface area contributed by atoms with Crippen molar-refractivity contribution < 1.29 is 9.59 Å². The number of anilines is 1. The van der Waals surface area contributed by atoms with Crippen molar-refractivity contribution in [2.24, 2.45) is 0 Å². The molecule has 1 aliphatic rings. The van der Waals surface area contributed by atoms with Crippen LogP contribution in [-0.2, 0) is 4.79 Å². The lowest BCUT2D eigenvalue weighted by atomic mass is 10.1. The molecule has 0 spiro atoms. The highest BCUT2D eigenvalue weighted by molar-refractivity contribution is 8.00. The first-order valence-electron chi connectivity index (χ1n) is 8.52. The Labute approximate surface area is 152 Å². The average molecular weight is 354 g/mol. The van der Waals surface area contributed by atoms with E-state index in [4.69, 9.17) is 0 Å². The summed E-state index contributed by atoms with van der Waals surface area (Å²) in [6, 6.07) is 15.1. The van der Waals surface area contributed by atoms with Gasteiger partial charge in [0.15, 0.2) is 0 Å². The summed E-state index contributed by atoms with van der Waals surface area (Å²) in [5, 5.41) is 2.96. The number of nitrogens with zero attached hydrogens (tertiary/aromatic N) is 1. The van der Waals surface area contributed by atoms with Crippen molar-refractivity contribution >= 4 is 29.3 Å². The highest BCUT2D eigenvalue weighted by Crippen LogP contribution is 2.25. The third-order valence-corrected chi connectivity index (χ3v) is 5.39. The van der Waals surface area contributed by atoms with Gasteiger partial charge in [-0.2, -0.15) is 0 Å². The molecular weight excluding hydrogens is 332 g/mol. The molecule has 0 unspecified atom stereocenters. The molecule has 1 saturated heterocycles. The van der Waals surface area contributed by atoms with E-state index in [9.17, 15) is 9.59 Å². The minimum atomic E-state index is -0.147. The van der Waals surface area contributed by atoms with Gasteiger partial charge in [-0.1, -0.05) is 30.3 Å². The topological polar surface area (TPSA) is 49.4 Å². The van der Waals surface area contributed by atoms with Crippen molar-refractivity contribution in [1.29, 1.82) is 0 Å². The zero-order valence-electron chi connectivity index (χ0n) is 14.3. The van der Waals surface area contributed by atoms with Crippen molar-refractivity contribution in [2.45, 2.75) is 24.7 Å². The molecule has 0 aromatic heterocycles. The minimum absolute atomic E-state index is 0.147. The fourth-order valence-corrected chi connectivity index (χ4v) is 3.83. The summed E-state index contributed by atoms with van der Waals surface area (Å²) in [6.07, 6.45) is 2.18. The zero-order chi connectivity index (χ0) is 17.6. The molecule has 3 rings (SSSR count). The van der Waals surface area contributed by atoms with Gasteiger partial charge in [-0.15, -0.1) is 11.8 Å². The lowest BCUT2D eigenvalue weighted by Crippen LogP contribution is -2.29. The Morgan fingerprint density at radius 3 is 2.48 bits per heavy atom. The molecule has 0 aliphatic carbocycles. The minimum Gasteiger partial charge on any atom is -0.342 e. The third-order valence-electron chi connectivity index (χ3n) is 4.33. The standard InChI is InChI=1S/C20H22N2O2S/c1-15-8-2-4-10-17(15)21-20(24)16-9-3-5-11-18(16)25-14-19(23)22-12-6-7-13-22/h2-5,8-11H,6-7,12-14H2,1H3,(H,21,24). The number of carbonyl (C=O) groups is 2. The molecular formula is C20H22N2O2S. The summed E-state index contributed by atoms with van der Waals surface area (Å²) < 4.78 is 0. The van der Waals surface area contributed by atoms with Gasteiger partial charge in [0, 0.05) is 23.7 Å². The third kappa shape index (κ3) is 4.42. The van der Waals surface area contributed by atoms with Gasteiger partial charge in [-0.25, -0.2) is 0 Å². The largest absolute Gasteiger partial charge is 0.342 e. The second-order valence-corrected chi connectivity index (χ2v) is 7.16. The summed E-state index contributed by atoms with van der Waals surface area (Å²) >= 11 is 1.43. The highest BCUT2D eigenvalue weighted by atomic mass is 32.2. The lowest BCUT2D eigenvalue weighted by molar-refractivity contribution is -0.127. The predicted molar refractivity (Wildman–Crippen MR) is 102 cm³/mol. The smallest absolute Gasteiger partial charge is 0.256 e. The van der Waals surface area contributed by atoms with Crippen LogP contribution in [0.25, 0.3) is 0 Å². The van der Waals surface area contributed by atoms with Gasteiger partial charge in [0.25, 0.3) is 5.91 Å². The monoisotopic (exact) mass is 354 g/mol. The molecule has 130 valence electrons. The van der Waals surface area contributed by atoms with Gasteiger partial charge >= 0.3 is 0 Å². The number of nitrogens with one attached hydrogen (secondary N) is 1. The van der Waals surface area contributed by atoms with Gasteiger partial charge in [-0.05, 0) is 43.5 Å². The van der Waals surface area contributed by atoms with Crippen molar-refractivity contribution in [3.05, 3.63) is 59.7 Å². The SMILES string of the molecule is Cc1ccccc1NC(=O)c1ccccc1SCC(=O)N1CCCC1. The summed E-state index contributed by atoms with van der Waals surface area (Å²) in [4.78, 5) is 27.6. The van der Waals surface area contributed by atoms with Gasteiger partial charge in [-0.3, -0.25) is 9.59 Å². The number of thioether (sulfide) groups is 1. The molecule has 1 aliphatic heterocycles. The molecule has 4 nitrogen and oxygen atoms in total. The lowest BCUT2D eigenvalue weighted by Gasteiger charge is -2.15. The van der Waals surface area contributed by atoms with Crippen LogP contribution in [0, 0.1) is 6.92 Å². The number of amides is 2. The van der Waals surface area contributed by atoms with Crippen molar-refractivity contribution in [3.8, 4) is 0 Å². The highest BCUT2D eigenvalue weighted by Gasteiger charge is 2.19. The molecule has 2 amide bonds. The molecule has 1 fully saturated rings. The quantitative estimate of drug-likeness (QED) is 0.827. The maximum atomic E-state index is 12.7. The fourth-order valence-electron chi connectivity index (χ4n) is 2.88. The maximum absolute atomic E-state index is 12.7. The van der Waals surface area contributed by atoms with Gasteiger partial charge in [0.05, 0.1) is 11.3 Å². The second-order valence-electron chi connectivity index (χ2n) is 6.14. The first-order valence-corrected chi connectivity index (χ1v) is 9.50. The van der Waals surface area contributed by atoms with Crippen LogP contribution in [0.1, 0.15) is 28.8 Å². The summed E-state index contributed by atoms with van der Waals surface area (Å²) in [6.45, 7) is 3.68. The Kier molecular flexibility index (Phi) is 5.76. The van der Waals surface area contributed by atoms with Crippen LogP contribution in [0.5, 0.6) is 0 Å². The molecule has 0 bridgehead atoms. The average Bonchev–Trinajstić information content (AvgIpc) is 3.16. The number of rotatable bonds is 5. The van der Waals surface area contributed by atoms with Crippen molar-refractivity contribution in [3.63, 3.8) is 0 Å². The van der Waals surface area contributed by atoms with Gasteiger partial charge < -0.3 is 10.2 Å². The van der Waals surface area contributed by atoms with Crippen LogP contribution < -0.4 is 5.32 Å². The van der Waals surface area contributed by atoms with E-state index in [0.29, 0.717) is 11.3 Å². The Balaban J connectivity index is 1.68. The first kappa shape index (κ1) is 17.5. The number of aryl methyl sites for hydroxylation is 1. The van der Waals surface area contributed by atoms with Crippen LogP contribution in [-0.4, -0.2) is 35.6 Å². The Hall–Kier alpha value is -2.27. The Morgan fingerprint density at radius 2 is 1.72 bits per heavy atom. The van der Waals surface area contributed by atoms with E-state index in [-0.39, 0.29) is 11.8 Å². The first-order chi connectivity index (χ1) is 12.1. The zero-order valence-corrected chi connectivity index (χ0v) is 15.1. The van der Waals surface area contributed by atoms with Crippen LogP contribution in [0.2, 0.25) is 0 Å². The molecule has 2 aromatic rings. The number of carbonyl (C=O) groups excluding carboxylic acids is 2. The van der Waals surface area contributed by atoms with E-state index in [1.807, 2.05) is 54.3 Å². The second kappa shape index (κ2) is 8.21. The van der Waals surface area contributed by atoms with Crippen LogP contribution in [0.15, 0.2) is 53.4 Å². The van der Waals surface area contributed by atoms with Gasteiger partial charge in [0.1, 0.15) is 0 Å². The normalized spacial score (nSPS) is 13.7. The van der Waals surface area contributed by atoms with Crippen LogP contribution in [0.4, 0.5) is 5.69 Å². The number of hydrogen-bond donors (Lipinski definition) is 1. The summed E-state index contributed by atoms with van der Waals surface area (Å²) in [7, 11) is 0. The number of para-hydroxylation sites is 1. The Bertz CT molecular complexity index is 770. The van der Waals surface area contributed by atoms with E-state index in [1.54, 1.807) is 6.07 Å². The van der Waals surface area contributed by atoms with E-state index in [2.05, 4.69) is 5.32 Å². The van der Waals surface area contributed by atoms with Crippen LogP contribution >= 0.6 is 11.8 Å². The summed E-state index contributed by atoms with van der Waals surface area (Å²) in [5.41, 5.74) is 2.43. The fraction of sp³-hybridized carbons (Fsp3) is 0.300. The van der Waals surface area contributed by atoms with Crippen LogP contribution in [0.3, 0.4) is 0 Å². The molecule has 5 heteroatoms. The van der Waals surface area contributed by atoms with E-state index < -0.39 is 0 Å². The van der Waals surface area contributed by atoms with Gasteiger partial charge in [0.2, 0.25) is 5.91 Å². The van der Waals surface area contributed by atoms with Crippen molar-refractivity contribution in [1.82, 2.24) is 4.90 Å². The molecule has 25 heavy (non-hydrogen) atoms. The van der Waals surface area contributed by atoms with Crippen molar-refractivity contribution in [2.75, 3.05) is 24.2 Å². The molecule has 1 heterocycles. The molecule has 2 aromatic carbocycles. The molecule has 1 N–H and O–H groups in total. The number of hydrogen-bond acceptors (Lipinski definition) is 3. The molecule has 0 radical (unpaired) electrons. The van der Waals surface area contributed by atoms with E-state index >= 15 is 0 Å².